The number of carbonyl (C=O) groups excluding carboxylic acids is 1. The van der Waals surface area contributed by atoms with Crippen molar-refractivity contribution in [2.45, 2.75) is 31.8 Å². The molecule has 0 N–H and O–H groups in total. The van der Waals surface area contributed by atoms with Gasteiger partial charge in [-0.2, -0.15) is 5.26 Å². The molecule has 1 fully saturated rings. The summed E-state index contributed by atoms with van der Waals surface area (Å²) in [6, 6.07) is 2.23. The van der Waals surface area contributed by atoms with Gasteiger partial charge in [-0.15, -0.1) is 11.3 Å². The van der Waals surface area contributed by atoms with Gasteiger partial charge < -0.3 is 4.74 Å². The van der Waals surface area contributed by atoms with E-state index in [0.29, 0.717) is 10.7 Å². The zero-order valence-corrected chi connectivity index (χ0v) is 12.6. The molecule has 112 valence electrons. The van der Waals surface area contributed by atoms with Crippen molar-refractivity contribution < 1.29 is 9.53 Å². The fourth-order valence-electron chi connectivity index (χ4n) is 2.48. The first-order valence-corrected chi connectivity index (χ1v) is 7.98. The summed E-state index contributed by atoms with van der Waals surface area (Å²) < 4.78 is 5.48. The van der Waals surface area contributed by atoms with Gasteiger partial charge in [0.2, 0.25) is 0 Å². The van der Waals surface area contributed by atoms with Gasteiger partial charge in [-0.25, -0.2) is 9.78 Å². The summed E-state index contributed by atoms with van der Waals surface area (Å²) >= 11 is 1.32. The highest BCUT2D eigenvalue weighted by Crippen LogP contribution is 2.28. The highest BCUT2D eigenvalue weighted by Gasteiger charge is 2.29. The molecule has 0 amide bonds. The quantitative estimate of drug-likeness (QED) is 0.809. The molecule has 1 aliphatic carbocycles. The molecule has 2 aromatic rings. The Balaban J connectivity index is 1.71. The van der Waals surface area contributed by atoms with Crippen LogP contribution in [0.5, 0.6) is 0 Å². The fraction of sp³-hybridized carbons (Fsp3) is 0.400. The molecule has 2 aromatic heterocycles. The Morgan fingerprint density at radius 1 is 1.36 bits per heavy atom. The van der Waals surface area contributed by atoms with Crippen LogP contribution in [0.15, 0.2) is 24.0 Å². The van der Waals surface area contributed by atoms with Crippen LogP contribution in [0.1, 0.15) is 36.2 Å². The molecular formula is C15H14N4O2S. The van der Waals surface area contributed by atoms with E-state index >= 15 is 0 Å². The van der Waals surface area contributed by atoms with Crippen LogP contribution >= 0.6 is 11.3 Å². The molecule has 3 rings (SSSR count). The van der Waals surface area contributed by atoms with E-state index < -0.39 is 5.97 Å². The van der Waals surface area contributed by atoms with Crippen LogP contribution in [0.4, 0.5) is 0 Å². The number of rotatable bonds is 3. The Morgan fingerprint density at radius 3 is 3.00 bits per heavy atom. The van der Waals surface area contributed by atoms with E-state index in [1.807, 2.05) is 0 Å². The Hall–Kier alpha value is -2.33. The first-order chi connectivity index (χ1) is 10.8. The molecule has 0 bridgehead atoms. The van der Waals surface area contributed by atoms with Gasteiger partial charge in [-0.3, -0.25) is 9.97 Å². The minimum Gasteiger partial charge on any atom is -0.456 e. The zero-order chi connectivity index (χ0) is 15.4. The Bertz CT molecular complexity index is 695. The molecule has 22 heavy (non-hydrogen) atoms. The van der Waals surface area contributed by atoms with Crippen molar-refractivity contribution >= 4 is 17.3 Å². The Morgan fingerprint density at radius 2 is 2.23 bits per heavy atom. The molecule has 7 heteroatoms. The number of hydrogen-bond donors (Lipinski definition) is 0. The highest BCUT2D eigenvalue weighted by atomic mass is 32.1. The highest BCUT2D eigenvalue weighted by molar-refractivity contribution is 7.13. The second-order valence-electron chi connectivity index (χ2n) is 5.09. The SMILES string of the molecule is N#C[C@H]1CCCC[C@H]1OC(=O)c1csc(-c2cnccn2)n1. The van der Waals surface area contributed by atoms with Crippen molar-refractivity contribution in [1.29, 1.82) is 5.26 Å². The van der Waals surface area contributed by atoms with Gasteiger partial charge in [-0.05, 0) is 19.3 Å². The molecule has 2 atom stereocenters. The summed E-state index contributed by atoms with van der Waals surface area (Å²) in [5.41, 5.74) is 0.882. The van der Waals surface area contributed by atoms with Crippen LogP contribution in [-0.2, 0) is 4.74 Å². The van der Waals surface area contributed by atoms with Gasteiger partial charge in [0.05, 0.1) is 18.2 Å². The van der Waals surface area contributed by atoms with E-state index in [1.54, 1.807) is 24.0 Å². The maximum Gasteiger partial charge on any atom is 0.358 e. The van der Waals surface area contributed by atoms with Gasteiger partial charge in [0.25, 0.3) is 0 Å². The zero-order valence-electron chi connectivity index (χ0n) is 11.8. The predicted molar refractivity (Wildman–Crippen MR) is 79.9 cm³/mol. The standard InChI is InChI=1S/C15H14N4O2S/c16-7-10-3-1-2-4-13(10)21-15(20)12-9-22-14(19-12)11-8-17-5-6-18-11/h5-6,8-10,13H,1-4H2/t10-,13-/m1/s1. The van der Waals surface area contributed by atoms with Crippen LogP contribution in [-0.4, -0.2) is 27.0 Å². The molecule has 1 aliphatic rings. The van der Waals surface area contributed by atoms with E-state index in [-0.39, 0.29) is 17.7 Å². The number of ether oxygens (including phenoxy) is 1. The number of aromatic nitrogens is 3. The lowest BCUT2D eigenvalue weighted by molar-refractivity contribution is 0.0102. The average Bonchev–Trinajstić information content (AvgIpc) is 3.06. The van der Waals surface area contributed by atoms with E-state index in [4.69, 9.17) is 10.00 Å². The number of carbonyl (C=O) groups is 1. The second-order valence-corrected chi connectivity index (χ2v) is 5.95. The molecule has 0 aliphatic heterocycles. The van der Waals surface area contributed by atoms with Gasteiger partial charge >= 0.3 is 5.97 Å². The van der Waals surface area contributed by atoms with E-state index in [1.165, 1.54) is 11.3 Å². The topological polar surface area (TPSA) is 88.8 Å². The van der Waals surface area contributed by atoms with Crippen molar-refractivity contribution in [2.75, 3.05) is 0 Å². The lowest BCUT2D eigenvalue weighted by Crippen LogP contribution is -2.29. The number of thiazole rings is 1. The van der Waals surface area contributed by atoms with Gasteiger partial charge in [0, 0.05) is 17.8 Å². The largest absolute Gasteiger partial charge is 0.456 e. The van der Waals surface area contributed by atoms with Gasteiger partial charge in [0.1, 0.15) is 16.8 Å². The van der Waals surface area contributed by atoms with Crippen LogP contribution in [0, 0.1) is 17.2 Å². The van der Waals surface area contributed by atoms with Crippen molar-refractivity contribution in [2.24, 2.45) is 5.92 Å². The average molecular weight is 314 g/mol. The molecule has 0 spiro atoms. The predicted octanol–water partition coefficient (Wildman–Crippen LogP) is 2.84. The number of hydrogen-bond acceptors (Lipinski definition) is 7. The minimum absolute atomic E-state index is 0.212. The third kappa shape index (κ3) is 3.12. The van der Waals surface area contributed by atoms with Crippen molar-refractivity contribution in [3.05, 3.63) is 29.7 Å². The monoisotopic (exact) mass is 314 g/mol. The maximum atomic E-state index is 12.2. The van der Waals surface area contributed by atoms with Crippen LogP contribution < -0.4 is 0 Å². The van der Waals surface area contributed by atoms with Crippen molar-refractivity contribution in [3.63, 3.8) is 0 Å². The maximum absolute atomic E-state index is 12.2. The van der Waals surface area contributed by atoms with Gasteiger partial charge in [0.15, 0.2) is 5.69 Å². The summed E-state index contributed by atoms with van der Waals surface area (Å²) in [6.07, 6.45) is 7.96. The van der Waals surface area contributed by atoms with Gasteiger partial charge in [-0.1, -0.05) is 6.42 Å². The van der Waals surface area contributed by atoms with Crippen molar-refractivity contribution in [1.82, 2.24) is 15.0 Å². The molecule has 0 unspecified atom stereocenters. The first kappa shape index (κ1) is 14.6. The molecule has 0 aromatic carbocycles. The normalized spacial score (nSPS) is 21.0. The number of nitriles is 1. The molecule has 6 nitrogen and oxygen atoms in total. The lowest BCUT2D eigenvalue weighted by atomic mass is 9.87. The lowest BCUT2D eigenvalue weighted by Gasteiger charge is -2.26. The summed E-state index contributed by atoms with van der Waals surface area (Å²) in [7, 11) is 0. The number of esters is 1. The fourth-order valence-corrected chi connectivity index (χ4v) is 3.23. The Labute approximate surface area is 131 Å². The van der Waals surface area contributed by atoms with Crippen LogP contribution in [0.3, 0.4) is 0 Å². The molecule has 0 radical (unpaired) electrons. The first-order valence-electron chi connectivity index (χ1n) is 7.10. The molecule has 0 saturated heterocycles. The van der Waals surface area contributed by atoms with E-state index in [0.717, 1.165) is 25.7 Å². The summed E-state index contributed by atoms with van der Waals surface area (Å²) in [4.78, 5) is 24.6. The molecule has 2 heterocycles. The molecular weight excluding hydrogens is 300 g/mol. The minimum atomic E-state index is -0.474. The Kier molecular flexibility index (Phi) is 4.39. The third-order valence-electron chi connectivity index (χ3n) is 3.62. The smallest absolute Gasteiger partial charge is 0.358 e. The summed E-state index contributed by atoms with van der Waals surface area (Å²) in [6.45, 7) is 0. The second kappa shape index (κ2) is 6.62. The summed E-state index contributed by atoms with van der Waals surface area (Å²) in [5, 5.41) is 11.4. The molecule has 1 saturated carbocycles. The van der Waals surface area contributed by atoms with E-state index in [2.05, 4.69) is 21.0 Å². The number of nitrogens with zero attached hydrogens (tertiary/aromatic N) is 4. The summed E-state index contributed by atoms with van der Waals surface area (Å²) in [5.74, 6) is -0.686. The van der Waals surface area contributed by atoms with Crippen LogP contribution in [0.25, 0.3) is 10.7 Å². The van der Waals surface area contributed by atoms with E-state index in [9.17, 15) is 4.79 Å². The van der Waals surface area contributed by atoms with Crippen LogP contribution in [0.2, 0.25) is 0 Å². The third-order valence-corrected chi connectivity index (χ3v) is 4.49. The van der Waals surface area contributed by atoms with Crippen molar-refractivity contribution in [3.8, 4) is 16.8 Å².